The van der Waals surface area contributed by atoms with E-state index in [0.717, 1.165) is 38.5 Å². The van der Waals surface area contributed by atoms with E-state index in [1.807, 2.05) is 23.6 Å². The number of carbonyl (C=O) groups is 1. The number of benzene rings is 1. The second-order valence-corrected chi connectivity index (χ2v) is 9.02. The van der Waals surface area contributed by atoms with Gasteiger partial charge in [0.2, 0.25) is 5.91 Å². The van der Waals surface area contributed by atoms with E-state index in [0.29, 0.717) is 23.3 Å². The molecule has 1 amide bonds. The zero-order valence-corrected chi connectivity index (χ0v) is 17.7. The van der Waals surface area contributed by atoms with Crippen molar-refractivity contribution in [2.75, 3.05) is 6.54 Å². The van der Waals surface area contributed by atoms with Gasteiger partial charge < -0.3 is 10.3 Å². The molecule has 0 atom stereocenters. The van der Waals surface area contributed by atoms with Gasteiger partial charge in [0.1, 0.15) is 4.70 Å². The van der Waals surface area contributed by atoms with Gasteiger partial charge >= 0.3 is 5.69 Å². The number of hydrogen-bond donors (Lipinski definition) is 2. The van der Waals surface area contributed by atoms with Crippen molar-refractivity contribution in [2.45, 2.75) is 45.1 Å². The lowest BCUT2D eigenvalue weighted by Crippen LogP contribution is -2.38. The molecule has 7 heteroatoms. The van der Waals surface area contributed by atoms with Crippen molar-refractivity contribution < 1.29 is 4.79 Å². The predicted molar refractivity (Wildman–Crippen MR) is 120 cm³/mol. The highest BCUT2D eigenvalue weighted by Gasteiger charge is 2.27. The van der Waals surface area contributed by atoms with Crippen LogP contribution in [-0.2, 0) is 17.8 Å². The molecule has 0 bridgehead atoms. The minimum absolute atomic E-state index is 0.0350. The molecule has 0 aliphatic heterocycles. The Morgan fingerprint density at radius 2 is 1.87 bits per heavy atom. The van der Waals surface area contributed by atoms with E-state index < -0.39 is 0 Å². The number of aromatic nitrogens is 2. The van der Waals surface area contributed by atoms with Crippen molar-refractivity contribution in [3.05, 3.63) is 68.2 Å². The molecule has 158 valence electrons. The lowest BCUT2D eigenvalue weighted by molar-refractivity contribution is -0.126. The van der Waals surface area contributed by atoms with E-state index >= 15 is 0 Å². The maximum absolute atomic E-state index is 12.6. The van der Waals surface area contributed by atoms with E-state index in [4.69, 9.17) is 0 Å². The van der Waals surface area contributed by atoms with Gasteiger partial charge in [0.05, 0.1) is 5.52 Å². The van der Waals surface area contributed by atoms with Gasteiger partial charge in [-0.3, -0.25) is 14.2 Å². The van der Waals surface area contributed by atoms with Gasteiger partial charge in [-0.2, -0.15) is 0 Å². The number of carbonyl (C=O) groups excluding carboxylic acids is 1. The lowest BCUT2D eigenvalue weighted by atomic mass is 9.81. The minimum atomic E-state index is -0.343. The molecule has 1 aliphatic carbocycles. The minimum Gasteiger partial charge on any atom is -0.356 e. The lowest BCUT2D eigenvalue weighted by Gasteiger charge is -2.28. The summed E-state index contributed by atoms with van der Waals surface area (Å²) < 4.78 is 1.92. The molecule has 0 saturated heterocycles. The van der Waals surface area contributed by atoms with Crippen molar-refractivity contribution in [1.82, 2.24) is 14.9 Å². The van der Waals surface area contributed by atoms with Gasteiger partial charge in [0, 0.05) is 19.0 Å². The van der Waals surface area contributed by atoms with E-state index in [2.05, 4.69) is 22.4 Å². The van der Waals surface area contributed by atoms with Crippen molar-refractivity contribution in [2.24, 2.45) is 11.8 Å². The Bertz CT molecular complexity index is 1110. The second kappa shape index (κ2) is 9.43. The van der Waals surface area contributed by atoms with Crippen LogP contribution >= 0.6 is 11.3 Å². The van der Waals surface area contributed by atoms with E-state index in [1.165, 1.54) is 21.5 Å². The SMILES string of the molecule is O=C(NCCCc1ccccc1)C1CCC(Cn2c(=O)[nH]c3ccsc3c2=O)CC1. The van der Waals surface area contributed by atoms with Gasteiger partial charge in [0.15, 0.2) is 0 Å². The first kappa shape index (κ1) is 20.6. The molecule has 0 unspecified atom stereocenters. The monoisotopic (exact) mass is 425 g/mol. The summed E-state index contributed by atoms with van der Waals surface area (Å²) in [7, 11) is 0. The third kappa shape index (κ3) is 4.73. The summed E-state index contributed by atoms with van der Waals surface area (Å²) in [4.78, 5) is 40.2. The molecular weight excluding hydrogens is 398 g/mol. The summed E-state index contributed by atoms with van der Waals surface area (Å²) >= 11 is 1.35. The van der Waals surface area contributed by atoms with Crippen LogP contribution in [-0.4, -0.2) is 22.0 Å². The molecule has 1 saturated carbocycles. The highest BCUT2D eigenvalue weighted by molar-refractivity contribution is 7.17. The normalized spacial score (nSPS) is 19.1. The summed E-state index contributed by atoms with van der Waals surface area (Å²) in [5, 5.41) is 4.89. The molecule has 3 aromatic rings. The van der Waals surface area contributed by atoms with Crippen molar-refractivity contribution >= 4 is 27.5 Å². The van der Waals surface area contributed by atoms with Gasteiger partial charge in [-0.05, 0) is 61.5 Å². The Labute approximate surface area is 179 Å². The highest BCUT2D eigenvalue weighted by atomic mass is 32.1. The van der Waals surface area contributed by atoms with Crippen molar-refractivity contribution in [3.8, 4) is 0 Å². The van der Waals surface area contributed by atoms with Gasteiger partial charge in [0.25, 0.3) is 5.56 Å². The summed E-state index contributed by atoms with van der Waals surface area (Å²) in [6, 6.07) is 12.1. The molecule has 1 fully saturated rings. The van der Waals surface area contributed by atoms with Crippen LogP contribution in [0.25, 0.3) is 10.2 Å². The standard InChI is InChI=1S/C23H27N3O3S/c27-21(24-13-4-7-16-5-2-1-3-6-16)18-10-8-17(9-11-18)15-26-22(28)20-19(12-14-30-20)25-23(26)29/h1-3,5-6,12,14,17-18H,4,7-11,13,15H2,(H,24,27)(H,25,29). The highest BCUT2D eigenvalue weighted by Crippen LogP contribution is 2.29. The number of hydrogen-bond acceptors (Lipinski definition) is 4. The van der Waals surface area contributed by atoms with Crippen molar-refractivity contribution in [3.63, 3.8) is 0 Å². The Balaban J connectivity index is 1.24. The number of aryl methyl sites for hydroxylation is 1. The topological polar surface area (TPSA) is 84.0 Å². The third-order valence-electron chi connectivity index (χ3n) is 6.03. The maximum atomic E-state index is 12.6. The van der Waals surface area contributed by atoms with Gasteiger partial charge in [-0.1, -0.05) is 30.3 Å². The Kier molecular flexibility index (Phi) is 6.47. The first-order chi connectivity index (χ1) is 14.6. The number of rotatable bonds is 7. The van der Waals surface area contributed by atoms with Crippen LogP contribution in [0.1, 0.15) is 37.7 Å². The molecule has 1 aliphatic rings. The first-order valence-corrected chi connectivity index (χ1v) is 11.5. The zero-order valence-electron chi connectivity index (χ0n) is 16.9. The predicted octanol–water partition coefficient (Wildman–Crippen LogP) is 3.31. The van der Waals surface area contributed by atoms with Crippen LogP contribution in [0, 0.1) is 11.8 Å². The van der Waals surface area contributed by atoms with Crippen LogP contribution in [0.5, 0.6) is 0 Å². The smallest absolute Gasteiger partial charge is 0.328 e. The van der Waals surface area contributed by atoms with Crippen LogP contribution in [0.3, 0.4) is 0 Å². The Morgan fingerprint density at radius 1 is 1.10 bits per heavy atom. The molecule has 2 N–H and O–H groups in total. The number of thiophene rings is 1. The number of nitrogens with zero attached hydrogens (tertiary/aromatic N) is 1. The van der Waals surface area contributed by atoms with E-state index in [9.17, 15) is 14.4 Å². The molecule has 2 heterocycles. The zero-order chi connectivity index (χ0) is 20.9. The van der Waals surface area contributed by atoms with Gasteiger partial charge in [-0.25, -0.2) is 4.79 Å². The molecule has 6 nitrogen and oxygen atoms in total. The number of H-pyrrole nitrogens is 1. The van der Waals surface area contributed by atoms with Crippen LogP contribution < -0.4 is 16.6 Å². The fourth-order valence-electron chi connectivity index (χ4n) is 4.30. The van der Waals surface area contributed by atoms with Gasteiger partial charge in [-0.15, -0.1) is 11.3 Å². The summed E-state index contributed by atoms with van der Waals surface area (Å²) in [6.07, 6.45) is 5.23. The molecule has 0 spiro atoms. The number of fused-ring (bicyclic) bond motifs is 1. The molecule has 2 aromatic heterocycles. The van der Waals surface area contributed by atoms with Crippen LogP contribution in [0.4, 0.5) is 0 Å². The molecule has 4 rings (SSSR count). The number of amides is 1. The molecule has 0 radical (unpaired) electrons. The first-order valence-electron chi connectivity index (χ1n) is 10.6. The summed E-state index contributed by atoms with van der Waals surface area (Å²) in [6.45, 7) is 1.12. The molecule has 1 aromatic carbocycles. The second-order valence-electron chi connectivity index (χ2n) is 8.11. The summed E-state index contributed by atoms with van der Waals surface area (Å²) in [5.74, 6) is 0.424. The van der Waals surface area contributed by atoms with E-state index in [-0.39, 0.29) is 29.0 Å². The van der Waals surface area contributed by atoms with Crippen LogP contribution in [0.15, 0.2) is 51.4 Å². The average Bonchev–Trinajstić information content (AvgIpc) is 3.24. The summed E-state index contributed by atoms with van der Waals surface area (Å²) in [5.41, 5.74) is 1.35. The van der Waals surface area contributed by atoms with E-state index in [1.54, 1.807) is 6.07 Å². The fourth-order valence-corrected chi connectivity index (χ4v) is 5.09. The molecular formula is C23H27N3O3S. The largest absolute Gasteiger partial charge is 0.356 e. The maximum Gasteiger partial charge on any atom is 0.328 e. The average molecular weight is 426 g/mol. The number of nitrogens with one attached hydrogen (secondary N) is 2. The quantitative estimate of drug-likeness (QED) is 0.570. The Hall–Kier alpha value is -2.67. The molecule has 30 heavy (non-hydrogen) atoms. The number of aromatic amines is 1. The van der Waals surface area contributed by atoms with Crippen molar-refractivity contribution in [1.29, 1.82) is 0 Å². The fraction of sp³-hybridized carbons (Fsp3) is 0.435. The third-order valence-corrected chi connectivity index (χ3v) is 6.94. The Morgan fingerprint density at radius 3 is 2.63 bits per heavy atom. The van der Waals surface area contributed by atoms with Crippen LogP contribution in [0.2, 0.25) is 0 Å².